The minimum absolute atomic E-state index is 0.0903. The Kier molecular flexibility index (Phi) is 4.72. The molecule has 0 aliphatic carbocycles. The summed E-state index contributed by atoms with van der Waals surface area (Å²) in [6.07, 6.45) is 2.53. The van der Waals surface area contributed by atoms with Crippen LogP contribution in [0.5, 0.6) is 0 Å². The molecular formula is C23H21N5O3S. The lowest BCUT2D eigenvalue weighted by atomic mass is 9.96. The van der Waals surface area contributed by atoms with Gasteiger partial charge in [0.2, 0.25) is 5.95 Å². The lowest BCUT2D eigenvalue weighted by Gasteiger charge is -2.20. The van der Waals surface area contributed by atoms with Gasteiger partial charge in [-0.2, -0.15) is 13.4 Å². The standard InChI is InChI=1S/C23H21N5O3S/c24-22-16(12-26-23(25)27-22)13-28-10-9-15-11-14(5-7-20(15)28)17-6-8-21(32(29,30)31)19-4-2-1-3-18(17)19/h1-8,11-12H,9-10,13H2,(H,29,30,31)(H4,24,25,26,27). The molecule has 8 nitrogen and oxygen atoms in total. The van der Waals surface area contributed by atoms with Gasteiger partial charge in [0.05, 0.1) is 0 Å². The van der Waals surface area contributed by atoms with Crippen LogP contribution in [0.2, 0.25) is 0 Å². The van der Waals surface area contributed by atoms with E-state index in [1.165, 1.54) is 11.6 Å². The Morgan fingerprint density at radius 3 is 2.56 bits per heavy atom. The lowest BCUT2D eigenvalue weighted by molar-refractivity contribution is 0.484. The number of nitrogens with two attached hydrogens (primary N) is 2. The van der Waals surface area contributed by atoms with Gasteiger partial charge in [-0.3, -0.25) is 4.55 Å². The molecule has 0 atom stereocenters. The van der Waals surface area contributed by atoms with Crippen molar-refractivity contribution < 1.29 is 13.0 Å². The average molecular weight is 448 g/mol. The third-order valence-corrected chi connectivity index (χ3v) is 6.73. The summed E-state index contributed by atoms with van der Waals surface area (Å²) in [7, 11) is -4.32. The van der Waals surface area contributed by atoms with Gasteiger partial charge < -0.3 is 16.4 Å². The molecule has 5 N–H and O–H groups in total. The lowest BCUT2D eigenvalue weighted by Crippen LogP contribution is -2.21. The van der Waals surface area contributed by atoms with Crippen molar-refractivity contribution in [2.75, 3.05) is 22.9 Å². The summed E-state index contributed by atoms with van der Waals surface area (Å²) in [5.74, 6) is 0.540. The van der Waals surface area contributed by atoms with Crippen LogP contribution >= 0.6 is 0 Å². The van der Waals surface area contributed by atoms with Gasteiger partial charge in [-0.1, -0.05) is 36.4 Å². The van der Waals surface area contributed by atoms with Gasteiger partial charge in [-0.25, -0.2) is 4.98 Å². The summed E-state index contributed by atoms with van der Waals surface area (Å²) < 4.78 is 33.2. The van der Waals surface area contributed by atoms with E-state index < -0.39 is 10.1 Å². The zero-order chi connectivity index (χ0) is 22.5. The normalized spacial score (nSPS) is 13.5. The van der Waals surface area contributed by atoms with Crippen LogP contribution in [-0.4, -0.2) is 29.5 Å². The molecule has 0 bridgehead atoms. The number of benzene rings is 3. The molecule has 0 unspecified atom stereocenters. The van der Waals surface area contributed by atoms with E-state index >= 15 is 0 Å². The minimum atomic E-state index is -4.32. The van der Waals surface area contributed by atoms with Crippen molar-refractivity contribution in [2.24, 2.45) is 0 Å². The number of hydrogen-bond acceptors (Lipinski definition) is 7. The van der Waals surface area contributed by atoms with E-state index in [0.29, 0.717) is 17.7 Å². The monoisotopic (exact) mass is 447 g/mol. The van der Waals surface area contributed by atoms with Crippen LogP contribution < -0.4 is 16.4 Å². The third-order valence-electron chi connectivity index (χ3n) is 5.82. The third kappa shape index (κ3) is 3.51. The van der Waals surface area contributed by atoms with Crippen molar-refractivity contribution in [1.82, 2.24) is 9.97 Å². The summed E-state index contributed by atoms with van der Waals surface area (Å²) in [6, 6.07) is 16.6. The predicted octanol–water partition coefficient (Wildman–Crippen LogP) is 3.27. The van der Waals surface area contributed by atoms with Gasteiger partial charge >= 0.3 is 0 Å². The molecule has 1 aliphatic rings. The van der Waals surface area contributed by atoms with Crippen molar-refractivity contribution in [3.63, 3.8) is 0 Å². The van der Waals surface area contributed by atoms with E-state index in [1.807, 2.05) is 18.2 Å². The van der Waals surface area contributed by atoms with Crippen molar-refractivity contribution >= 4 is 38.3 Å². The summed E-state index contributed by atoms with van der Waals surface area (Å²) in [6.45, 7) is 1.43. The molecule has 0 amide bonds. The van der Waals surface area contributed by atoms with Crippen LogP contribution in [0, 0.1) is 0 Å². The van der Waals surface area contributed by atoms with Crippen molar-refractivity contribution in [3.8, 4) is 11.1 Å². The average Bonchev–Trinajstić information content (AvgIpc) is 3.16. The first kappa shape index (κ1) is 20.2. The summed E-state index contributed by atoms with van der Waals surface area (Å²) in [5, 5.41) is 1.26. The Hall–Kier alpha value is -3.69. The number of anilines is 3. The van der Waals surface area contributed by atoms with E-state index in [2.05, 4.69) is 27.0 Å². The first-order valence-corrected chi connectivity index (χ1v) is 11.5. The molecule has 3 aromatic carbocycles. The highest BCUT2D eigenvalue weighted by Crippen LogP contribution is 2.37. The van der Waals surface area contributed by atoms with Crippen LogP contribution in [0.3, 0.4) is 0 Å². The first-order valence-electron chi connectivity index (χ1n) is 10.1. The fraction of sp³-hybridized carbons (Fsp3) is 0.130. The van der Waals surface area contributed by atoms with E-state index in [4.69, 9.17) is 11.5 Å². The van der Waals surface area contributed by atoms with Crippen molar-refractivity contribution in [2.45, 2.75) is 17.9 Å². The second kappa shape index (κ2) is 7.47. The minimum Gasteiger partial charge on any atom is -0.383 e. The quantitative estimate of drug-likeness (QED) is 0.406. The second-order valence-corrected chi connectivity index (χ2v) is 9.18. The Morgan fingerprint density at radius 2 is 1.81 bits per heavy atom. The molecule has 32 heavy (non-hydrogen) atoms. The van der Waals surface area contributed by atoms with Crippen molar-refractivity contribution in [1.29, 1.82) is 0 Å². The SMILES string of the molecule is Nc1ncc(CN2CCc3cc(-c4ccc(S(=O)(=O)O)c5ccccc45)ccc32)c(N)n1. The number of aromatic nitrogens is 2. The van der Waals surface area contributed by atoms with Gasteiger partial charge in [-0.05, 0) is 46.7 Å². The molecule has 0 spiro atoms. The number of nitrogen functional groups attached to an aromatic ring is 2. The Morgan fingerprint density at radius 1 is 1.03 bits per heavy atom. The molecule has 5 rings (SSSR count). The Labute approximate surface area is 185 Å². The summed E-state index contributed by atoms with van der Waals surface area (Å²) in [4.78, 5) is 10.2. The van der Waals surface area contributed by atoms with Gasteiger partial charge in [0.25, 0.3) is 10.1 Å². The molecule has 4 aromatic rings. The van der Waals surface area contributed by atoms with E-state index in [9.17, 15) is 13.0 Å². The van der Waals surface area contributed by atoms with E-state index in [0.717, 1.165) is 40.7 Å². The zero-order valence-electron chi connectivity index (χ0n) is 17.1. The maximum atomic E-state index is 11.8. The topological polar surface area (TPSA) is 135 Å². The number of rotatable bonds is 4. The fourth-order valence-electron chi connectivity index (χ4n) is 4.31. The largest absolute Gasteiger partial charge is 0.383 e. The second-order valence-electron chi connectivity index (χ2n) is 7.79. The molecule has 2 heterocycles. The molecule has 0 saturated heterocycles. The molecule has 0 fully saturated rings. The van der Waals surface area contributed by atoms with Gasteiger partial charge in [0.1, 0.15) is 10.7 Å². The van der Waals surface area contributed by atoms with Crippen LogP contribution in [0.4, 0.5) is 17.5 Å². The zero-order valence-corrected chi connectivity index (χ0v) is 17.9. The highest BCUT2D eigenvalue weighted by Gasteiger charge is 2.22. The van der Waals surface area contributed by atoms with Gasteiger partial charge in [-0.15, -0.1) is 0 Å². The molecule has 162 valence electrons. The van der Waals surface area contributed by atoms with Crippen LogP contribution in [0.25, 0.3) is 21.9 Å². The number of fused-ring (bicyclic) bond motifs is 2. The molecular weight excluding hydrogens is 426 g/mol. The maximum absolute atomic E-state index is 11.8. The molecule has 0 saturated carbocycles. The predicted molar refractivity (Wildman–Crippen MR) is 125 cm³/mol. The highest BCUT2D eigenvalue weighted by atomic mass is 32.2. The maximum Gasteiger partial charge on any atom is 0.295 e. The molecule has 0 radical (unpaired) electrons. The molecule has 9 heteroatoms. The van der Waals surface area contributed by atoms with Crippen LogP contribution in [-0.2, 0) is 23.1 Å². The van der Waals surface area contributed by atoms with Crippen molar-refractivity contribution in [3.05, 3.63) is 71.9 Å². The smallest absolute Gasteiger partial charge is 0.295 e. The van der Waals surface area contributed by atoms with E-state index in [1.54, 1.807) is 24.4 Å². The van der Waals surface area contributed by atoms with Crippen LogP contribution in [0.1, 0.15) is 11.1 Å². The fourth-order valence-corrected chi connectivity index (χ4v) is 5.01. The molecule has 1 aliphatic heterocycles. The summed E-state index contributed by atoms with van der Waals surface area (Å²) in [5.41, 5.74) is 16.6. The number of nitrogens with zero attached hydrogens (tertiary/aromatic N) is 3. The summed E-state index contributed by atoms with van der Waals surface area (Å²) >= 11 is 0. The van der Waals surface area contributed by atoms with Gasteiger partial charge in [0, 0.05) is 35.9 Å². The van der Waals surface area contributed by atoms with Gasteiger partial charge in [0.15, 0.2) is 0 Å². The van der Waals surface area contributed by atoms with Crippen LogP contribution in [0.15, 0.2) is 65.7 Å². The first-order chi connectivity index (χ1) is 15.3. The molecule has 1 aromatic heterocycles. The Bertz CT molecular complexity index is 1470. The highest BCUT2D eigenvalue weighted by molar-refractivity contribution is 7.86. The van der Waals surface area contributed by atoms with E-state index in [-0.39, 0.29) is 10.8 Å². The number of hydrogen-bond donors (Lipinski definition) is 3. The Balaban J connectivity index is 1.52.